The molecule has 3 atom stereocenters. The Morgan fingerprint density at radius 2 is 2.29 bits per heavy atom. The molecule has 14 heavy (non-hydrogen) atoms. The summed E-state index contributed by atoms with van der Waals surface area (Å²) < 4.78 is 4.96. The van der Waals surface area contributed by atoms with Gasteiger partial charge in [0, 0.05) is 6.61 Å². The van der Waals surface area contributed by atoms with E-state index in [1.54, 1.807) is 0 Å². The zero-order valence-corrected chi connectivity index (χ0v) is 8.61. The van der Waals surface area contributed by atoms with Gasteiger partial charge in [0.15, 0.2) is 0 Å². The van der Waals surface area contributed by atoms with Crippen molar-refractivity contribution < 1.29 is 14.6 Å². The molecule has 3 nitrogen and oxygen atoms in total. The first-order valence-electron chi connectivity index (χ1n) is 5.14. The lowest BCUT2D eigenvalue weighted by Gasteiger charge is -1.99. The summed E-state index contributed by atoms with van der Waals surface area (Å²) in [4.78, 5) is 11.4. The summed E-state index contributed by atoms with van der Waals surface area (Å²) in [5.41, 5.74) is 0. The molecule has 1 aliphatic carbocycles. The Morgan fingerprint density at radius 3 is 2.79 bits per heavy atom. The van der Waals surface area contributed by atoms with Crippen LogP contribution in [0.4, 0.5) is 0 Å². The van der Waals surface area contributed by atoms with Crippen LogP contribution in [0.5, 0.6) is 0 Å². The number of esters is 1. The van der Waals surface area contributed by atoms with E-state index in [4.69, 9.17) is 9.84 Å². The molecule has 1 rings (SSSR count). The van der Waals surface area contributed by atoms with Crippen LogP contribution in [0, 0.1) is 17.8 Å². The fourth-order valence-electron chi connectivity index (χ4n) is 2.09. The Balaban J connectivity index is 2.43. The van der Waals surface area contributed by atoms with Crippen molar-refractivity contribution in [1.29, 1.82) is 0 Å². The van der Waals surface area contributed by atoms with Crippen molar-refractivity contribution in [3.63, 3.8) is 0 Å². The van der Waals surface area contributed by atoms with Crippen LogP contribution >= 0.6 is 0 Å². The number of carbonyl (C=O) groups excluding carboxylic acids is 1. The minimum atomic E-state index is -0.113. The molecule has 0 unspecified atom stereocenters. The predicted molar refractivity (Wildman–Crippen MR) is 53.6 cm³/mol. The molecule has 1 saturated carbocycles. The average molecular weight is 198 g/mol. The molecule has 0 amide bonds. The molecule has 0 aromatic heterocycles. The first-order valence-corrected chi connectivity index (χ1v) is 5.14. The number of rotatable bonds is 6. The van der Waals surface area contributed by atoms with Gasteiger partial charge in [-0.1, -0.05) is 6.08 Å². The summed E-state index contributed by atoms with van der Waals surface area (Å²) in [6.45, 7) is 6.05. The summed E-state index contributed by atoms with van der Waals surface area (Å²) >= 11 is 0. The zero-order valence-electron chi connectivity index (χ0n) is 8.61. The Hall–Kier alpha value is -0.830. The fourth-order valence-corrected chi connectivity index (χ4v) is 2.09. The second-order valence-electron chi connectivity index (χ2n) is 3.64. The standard InChI is InChI=1S/C11H18O3/c1-3-5-8-9(6-7-12)10(8)11(13)14-4-2/h3,8-10,12H,1,4-7H2,2H3/t8-,9-,10+/m0/s1. The average Bonchev–Trinajstić information content (AvgIpc) is 2.81. The molecular formula is C11H18O3. The van der Waals surface area contributed by atoms with E-state index in [9.17, 15) is 4.79 Å². The highest BCUT2D eigenvalue weighted by atomic mass is 16.5. The summed E-state index contributed by atoms with van der Waals surface area (Å²) in [7, 11) is 0. The van der Waals surface area contributed by atoms with Crippen molar-refractivity contribution in [2.45, 2.75) is 19.8 Å². The zero-order chi connectivity index (χ0) is 10.6. The molecule has 3 heteroatoms. The van der Waals surface area contributed by atoms with Gasteiger partial charge < -0.3 is 9.84 Å². The highest BCUT2D eigenvalue weighted by molar-refractivity contribution is 5.76. The lowest BCUT2D eigenvalue weighted by atomic mass is 10.2. The predicted octanol–water partition coefficient (Wildman–Crippen LogP) is 1.37. The molecule has 0 saturated heterocycles. The third-order valence-electron chi connectivity index (χ3n) is 2.79. The summed E-state index contributed by atoms with van der Waals surface area (Å²) in [5, 5.41) is 8.81. The van der Waals surface area contributed by atoms with Crippen molar-refractivity contribution >= 4 is 5.97 Å². The van der Waals surface area contributed by atoms with Gasteiger partial charge in [-0.25, -0.2) is 0 Å². The van der Waals surface area contributed by atoms with Gasteiger partial charge in [0.2, 0.25) is 0 Å². The van der Waals surface area contributed by atoms with Crippen LogP contribution in [0.25, 0.3) is 0 Å². The number of carbonyl (C=O) groups is 1. The molecule has 0 aliphatic heterocycles. The minimum absolute atomic E-state index is 0.0000926. The van der Waals surface area contributed by atoms with E-state index in [0.29, 0.717) is 24.9 Å². The van der Waals surface area contributed by atoms with Crippen LogP contribution in [0.3, 0.4) is 0 Å². The van der Waals surface area contributed by atoms with Gasteiger partial charge >= 0.3 is 5.97 Å². The van der Waals surface area contributed by atoms with Crippen LogP contribution in [0.15, 0.2) is 12.7 Å². The van der Waals surface area contributed by atoms with Crippen molar-refractivity contribution in [2.75, 3.05) is 13.2 Å². The number of hydrogen-bond donors (Lipinski definition) is 1. The third kappa shape index (κ3) is 2.35. The van der Waals surface area contributed by atoms with Crippen molar-refractivity contribution in [3.8, 4) is 0 Å². The molecule has 0 aromatic carbocycles. The maximum atomic E-state index is 11.4. The van der Waals surface area contributed by atoms with Crippen LogP contribution in [0.2, 0.25) is 0 Å². The lowest BCUT2D eigenvalue weighted by Crippen LogP contribution is -2.08. The normalized spacial score (nSPS) is 29.7. The Kier molecular flexibility index (Phi) is 4.14. The van der Waals surface area contributed by atoms with Crippen molar-refractivity contribution in [3.05, 3.63) is 12.7 Å². The van der Waals surface area contributed by atoms with E-state index in [-0.39, 0.29) is 18.5 Å². The number of aliphatic hydroxyl groups excluding tert-OH is 1. The molecule has 1 fully saturated rings. The first-order chi connectivity index (χ1) is 6.76. The Morgan fingerprint density at radius 1 is 1.57 bits per heavy atom. The Labute approximate surface area is 84.8 Å². The van der Waals surface area contributed by atoms with Crippen molar-refractivity contribution in [2.24, 2.45) is 17.8 Å². The van der Waals surface area contributed by atoms with Crippen LogP contribution < -0.4 is 0 Å². The first kappa shape index (κ1) is 11.2. The molecule has 0 bridgehead atoms. The number of aliphatic hydroxyl groups is 1. The van der Waals surface area contributed by atoms with Gasteiger partial charge in [-0.15, -0.1) is 6.58 Å². The van der Waals surface area contributed by atoms with Gasteiger partial charge in [0.25, 0.3) is 0 Å². The molecule has 1 N–H and O–H groups in total. The number of hydrogen-bond acceptors (Lipinski definition) is 3. The minimum Gasteiger partial charge on any atom is -0.466 e. The van der Waals surface area contributed by atoms with Crippen LogP contribution in [-0.2, 0) is 9.53 Å². The van der Waals surface area contributed by atoms with Gasteiger partial charge in [-0.05, 0) is 31.6 Å². The van der Waals surface area contributed by atoms with E-state index in [0.717, 1.165) is 6.42 Å². The van der Waals surface area contributed by atoms with Crippen molar-refractivity contribution in [1.82, 2.24) is 0 Å². The van der Waals surface area contributed by atoms with Crippen LogP contribution in [0.1, 0.15) is 19.8 Å². The third-order valence-corrected chi connectivity index (χ3v) is 2.79. The molecule has 0 heterocycles. The maximum absolute atomic E-state index is 11.4. The molecule has 0 spiro atoms. The highest BCUT2D eigenvalue weighted by Crippen LogP contribution is 2.51. The SMILES string of the molecule is C=CC[C@H]1[C@H](CCO)[C@@H]1C(=O)OCC. The van der Waals surface area contributed by atoms with Crippen LogP contribution in [-0.4, -0.2) is 24.3 Å². The van der Waals surface area contributed by atoms with E-state index in [1.807, 2.05) is 13.0 Å². The fraction of sp³-hybridized carbons (Fsp3) is 0.727. The second-order valence-corrected chi connectivity index (χ2v) is 3.64. The van der Waals surface area contributed by atoms with Gasteiger partial charge in [-0.3, -0.25) is 4.79 Å². The van der Waals surface area contributed by atoms with E-state index in [2.05, 4.69) is 6.58 Å². The lowest BCUT2D eigenvalue weighted by molar-refractivity contribution is -0.145. The van der Waals surface area contributed by atoms with Gasteiger partial charge in [-0.2, -0.15) is 0 Å². The van der Waals surface area contributed by atoms with E-state index in [1.165, 1.54) is 0 Å². The molecule has 0 aromatic rings. The van der Waals surface area contributed by atoms with E-state index >= 15 is 0 Å². The smallest absolute Gasteiger partial charge is 0.309 e. The number of allylic oxidation sites excluding steroid dienone is 1. The second kappa shape index (κ2) is 5.15. The summed E-state index contributed by atoms with van der Waals surface area (Å²) in [5.74, 6) is 0.536. The van der Waals surface area contributed by atoms with Gasteiger partial charge in [0.05, 0.1) is 12.5 Å². The quantitative estimate of drug-likeness (QED) is 0.518. The van der Waals surface area contributed by atoms with Gasteiger partial charge in [0.1, 0.15) is 0 Å². The largest absolute Gasteiger partial charge is 0.466 e. The number of ether oxygens (including phenoxy) is 1. The van der Waals surface area contributed by atoms with E-state index < -0.39 is 0 Å². The highest BCUT2D eigenvalue weighted by Gasteiger charge is 2.53. The summed E-state index contributed by atoms with van der Waals surface area (Å²) in [6, 6.07) is 0. The molecular weight excluding hydrogens is 180 g/mol. The summed E-state index contributed by atoms with van der Waals surface area (Å²) in [6.07, 6.45) is 3.37. The molecule has 0 radical (unpaired) electrons. The topological polar surface area (TPSA) is 46.5 Å². The molecule has 80 valence electrons. The maximum Gasteiger partial charge on any atom is 0.309 e. The molecule has 1 aliphatic rings. The Bertz CT molecular complexity index is 213. The monoisotopic (exact) mass is 198 g/mol.